The van der Waals surface area contributed by atoms with E-state index in [1.54, 1.807) is 0 Å². The predicted molar refractivity (Wildman–Crippen MR) is 182 cm³/mol. The fraction of sp³-hybridized carbons (Fsp3) is 0.872. The Bertz CT molecular complexity index is 1200. The van der Waals surface area contributed by atoms with E-state index >= 15 is 0 Å². The molecule has 0 aromatic rings. The molecule has 260 valence electrons. The van der Waals surface area contributed by atoms with Crippen molar-refractivity contribution in [2.75, 3.05) is 13.1 Å². The molecule has 0 aromatic carbocycles. The Labute approximate surface area is 278 Å². The molecule has 5 fully saturated rings. The molecule has 4 N–H and O–H groups in total. The number of carboxylic acids is 1. The van der Waals surface area contributed by atoms with Gasteiger partial charge in [-0.15, -0.1) is 0 Å². The summed E-state index contributed by atoms with van der Waals surface area (Å²) in [4.78, 5) is 36.7. The van der Waals surface area contributed by atoms with E-state index in [9.17, 15) is 19.5 Å². The average molecular weight is 641 g/mol. The highest BCUT2D eigenvalue weighted by molar-refractivity contribution is 5.84. The Morgan fingerprint density at radius 2 is 1.50 bits per heavy atom. The van der Waals surface area contributed by atoms with Crippen LogP contribution < -0.4 is 10.6 Å². The van der Waals surface area contributed by atoms with Gasteiger partial charge in [-0.1, -0.05) is 59.6 Å². The summed E-state index contributed by atoms with van der Waals surface area (Å²) in [6, 6.07) is 0. The molecule has 0 aromatic heterocycles. The number of aliphatic carboxylic acids is 1. The fourth-order valence-electron chi connectivity index (χ4n) is 12.9. The van der Waals surface area contributed by atoms with Crippen LogP contribution in [0.5, 0.6) is 0 Å². The van der Waals surface area contributed by atoms with Gasteiger partial charge < -0.3 is 20.8 Å². The molecule has 5 saturated carbocycles. The highest BCUT2D eigenvalue weighted by Crippen LogP contribution is 2.77. The van der Waals surface area contributed by atoms with E-state index in [-0.39, 0.29) is 51.5 Å². The zero-order chi connectivity index (χ0) is 33.7. The minimum atomic E-state index is -1.03. The number of rotatable bonds is 11. The second kappa shape index (κ2) is 12.9. The van der Waals surface area contributed by atoms with Crippen molar-refractivity contribution in [3.05, 3.63) is 12.2 Å². The van der Waals surface area contributed by atoms with Gasteiger partial charge in [-0.2, -0.15) is 0 Å². The maximum absolute atomic E-state index is 14.3. The fourth-order valence-corrected chi connectivity index (χ4v) is 12.9. The van der Waals surface area contributed by atoms with Crippen molar-refractivity contribution in [2.45, 2.75) is 144 Å². The van der Waals surface area contributed by atoms with Gasteiger partial charge in [0.1, 0.15) is 6.54 Å². The Kier molecular flexibility index (Phi) is 9.90. The lowest BCUT2D eigenvalue weighted by atomic mass is 9.32. The first-order valence-electron chi connectivity index (χ1n) is 18.6. The monoisotopic (exact) mass is 640 g/mol. The van der Waals surface area contributed by atoms with Crippen molar-refractivity contribution in [3.63, 3.8) is 0 Å². The number of fused-ring (bicyclic) bond motifs is 7. The normalized spacial score (nSPS) is 42.5. The number of carboxylic acid groups (broad SMARTS) is 1. The van der Waals surface area contributed by atoms with Crippen molar-refractivity contribution in [3.8, 4) is 0 Å². The Balaban J connectivity index is 1.27. The average Bonchev–Trinajstić information content (AvgIpc) is 3.39. The maximum Gasteiger partial charge on any atom is 0.322 e. The summed E-state index contributed by atoms with van der Waals surface area (Å²) in [5, 5.41) is 25.6. The largest absolute Gasteiger partial charge is 0.480 e. The molecule has 5 aliphatic carbocycles. The van der Waals surface area contributed by atoms with E-state index in [1.807, 2.05) is 0 Å². The number of aliphatic hydroxyl groups is 1. The van der Waals surface area contributed by atoms with Crippen molar-refractivity contribution < 1.29 is 24.6 Å². The number of carbonyl (C=O) groups is 3. The van der Waals surface area contributed by atoms with Crippen LogP contribution in [0.4, 0.5) is 0 Å². The van der Waals surface area contributed by atoms with Gasteiger partial charge >= 0.3 is 5.97 Å². The minimum Gasteiger partial charge on any atom is -0.480 e. The highest BCUT2D eigenvalue weighted by Gasteiger charge is 2.71. The van der Waals surface area contributed by atoms with Crippen molar-refractivity contribution >= 4 is 17.8 Å². The lowest BCUT2D eigenvalue weighted by molar-refractivity contribution is -0.246. The van der Waals surface area contributed by atoms with Crippen LogP contribution >= 0.6 is 0 Å². The summed E-state index contributed by atoms with van der Waals surface area (Å²) >= 11 is 0. The van der Waals surface area contributed by atoms with Crippen LogP contribution in [0.1, 0.15) is 138 Å². The maximum atomic E-state index is 14.3. The van der Waals surface area contributed by atoms with Gasteiger partial charge in [0, 0.05) is 13.0 Å². The van der Waals surface area contributed by atoms with E-state index in [1.165, 1.54) is 31.3 Å². The number of hydrogen-bond donors (Lipinski definition) is 4. The zero-order valence-corrected chi connectivity index (χ0v) is 29.8. The quantitative estimate of drug-likeness (QED) is 0.140. The second-order valence-corrected chi connectivity index (χ2v) is 17.8. The SMILES string of the molecule is C=C(C)[C@@H]1CC[C@]2(C(=O)NCCCCCCC(=O)NCC(=O)O)CC[C@]3(C)[C@H](CC[C@@H]4[C@@]5(C)CC[C@H](O)C(C)(C)[C@@H]5CC[C@]43C)[C@@H]12. The smallest absolute Gasteiger partial charge is 0.322 e. The van der Waals surface area contributed by atoms with E-state index < -0.39 is 5.97 Å². The third-order valence-corrected chi connectivity index (χ3v) is 15.6. The summed E-state index contributed by atoms with van der Waals surface area (Å²) in [5.74, 6) is 1.50. The van der Waals surface area contributed by atoms with E-state index in [0.29, 0.717) is 42.6 Å². The van der Waals surface area contributed by atoms with Crippen molar-refractivity contribution in [2.24, 2.45) is 56.7 Å². The third kappa shape index (κ3) is 5.66. The molecule has 0 radical (unpaired) electrons. The molecule has 2 amide bonds. The lowest BCUT2D eigenvalue weighted by Crippen LogP contribution is -2.67. The van der Waals surface area contributed by atoms with Crippen LogP contribution in [0.2, 0.25) is 0 Å². The first kappa shape index (κ1) is 35.4. The van der Waals surface area contributed by atoms with Gasteiger partial charge in [-0.05, 0) is 135 Å². The van der Waals surface area contributed by atoms with Gasteiger partial charge in [0.05, 0.1) is 11.5 Å². The molecular formula is C39H64N2O5. The molecule has 7 heteroatoms. The summed E-state index contributed by atoms with van der Waals surface area (Å²) in [6.07, 6.45) is 14.6. The van der Waals surface area contributed by atoms with E-state index in [0.717, 1.165) is 64.2 Å². The molecule has 0 heterocycles. The number of hydrogen-bond acceptors (Lipinski definition) is 4. The Morgan fingerprint density at radius 3 is 2.20 bits per heavy atom. The minimum absolute atomic E-state index is 0.0427. The first-order valence-corrected chi connectivity index (χ1v) is 18.6. The Hall–Kier alpha value is -1.89. The van der Waals surface area contributed by atoms with Crippen molar-refractivity contribution in [1.82, 2.24) is 10.6 Å². The molecule has 5 rings (SSSR count). The van der Waals surface area contributed by atoms with Gasteiger partial charge in [0.2, 0.25) is 11.8 Å². The number of nitrogens with one attached hydrogen (secondary N) is 2. The first-order chi connectivity index (χ1) is 21.5. The molecule has 46 heavy (non-hydrogen) atoms. The van der Waals surface area contributed by atoms with Gasteiger partial charge in [0.25, 0.3) is 0 Å². The molecular weight excluding hydrogens is 576 g/mol. The van der Waals surface area contributed by atoms with Crippen LogP contribution in [-0.2, 0) is 14.4 Å². The number of aliphatic hydroxyl groups excluding tert-OH is 1. The predicted octanol–water partition coefficient (Wildman–Crippen LogP) is 7.27. The molecule has 0 saturated heterocycles. The van der Waals surface area contributed by atoms with Gasteiger partial charge in [-0.3, -0.25) is 14.4 Å². The highest BCUT2D eigenvalue weighted by atomic mass is 16.4. The van der Waals surface area contributed by atoms with Crippen LogP contribution in [-0.4, -0.2) is 47.2 Å². The zero-order valence-electron chi connectivity index (χ0n) is 29.8. The van der Waals surface area contributed by atoms with Crippen molar-refractivity contribution in [1.29, 1.82) is 0 Å². The molecule has 0 aliphatic heterocycles. The number of unbranched alkanes of at least 4 members (excludes halogenated alkanes) is 3. The van der Waals surface area contributed by atoms with Crippen LogP contribution in [0, 0.1) is 56.7 Å². The molecule has 0 bridgehead atoms. The standard InChI is InChI=1S/C39H64N2O5/c1-25(2)26-15-20-39(34(46)40-23-11-9-8-10-12-31(43)41-24-32(44)45)22-21-37(6)27(33(26)39)13-14-29-36(5)18-17-30(42)35(3,4)28(36)16-19-38(29,37)7/h26-30,33,42H,1,8-24H2,2-7H3,(H,40,46)(H,41,43)(H,44,45)/t26-,27+,28-,29+,30-,33+,36-,37+,38+,39-/m0/s1. The number of allylic oxidation sites excluding steroid dienone is 1. The second-order valence-electron chi connectivity index (χ2n) is 17.8. The molecule has 7 nitrogen and oxygen atoms in total. The topological polar surface area (TPSA) is 116 Å². The molecule has 5 aliphatic rings. The summed E-state index contributed by atoms with van der Waals surface area (Å²) in [5.41, 5.74) is 1.57. The van der Waals surface area contributed by atoms with E-state index in [4.69, 9.17) is 5.11 Å². The third-order valence-electron chi connectivity index (χ3n) is 15.6. The molecule has 10 atom stereocenters. The summed E-state index contributed by atoms with van der Waals surface area (Å²) < 4.78 is 0. The van der Waals surface area contributed by atoms with E-state index in [2.05, 4.69) is 58.8 Å². The summed E-state index contributed by atoms with van der Waals surface area (Å²) in [6.45, 7) is 19.5. The summed E-state index contributed by atoms with van der Waals surface area (Å²) in [7, 11) is 0. The van der Waals surface area contributed by atoms with Crippen LogP contribution in [0.3, 0.4) is 0 Å². The molecule has 0 unspecified atom stereocenters. The molecule has 0 spiro atoms. The lowest BCUT2D eigenvalue weighted by Gasteiger charge is -2.72. The van der Waals surface area contributed by atoms with Gasteiger partial charge in [-0.25, -0.2) is 0 Å². The number of carbonyl (C=O) groups excluding carboxylic acids is 2. The van der Waals surface area contributed by atoms with Crippen LogP contribution in [0.25, 0.3) is 0 Å². The van der Waals surface area contributed by atoms with Gasteiger partial charge in [0.15, 0.2) is 0 Å². The number of amides is 2. The van der Waals surface area contributed by atoms with Crippen LogP contribution in [0.15, 0.2) is 12.2 Å². The Morgan fingerprint density at radius 1 is 0.783 bits per heavy atom.